The molecule has 0 saturated heterocycles. The summed E-state index contributed by atoms with van der Waals surface area (Å²) in [6, 6.07) is 9.41. The van der Waals surface area contributed by atoms with Crippen molar-refractivity contribution in [1.82, 2.24) is 0 Å². The van der Waals surface area contributed by atoms with E-state index in [1.807, 2.05) is 30.3 Å². The van der Waals surface area contributed by atoms with Crippen LogP contribution in [0.25, 0.3) is 0 Å². The van der Waals surface area contributed by atoms with Crippen molar-refractivity contribution in [3.63, 3.8) is 0 Å². The molecular weight excluding hydrogens is 218 g/mol. The van der Waals surface area contributed by atoms with Gasteiger partial charge >= 0.3 is 5.97 Å². The van der Waals surface area contributed by atoms with E-state index in [0.29, 0.717) is 0 Å². The number of benzene rings is 1. The van der Waals surface area contributed by atoms with Crippen molar-refractivity contribution in [3.8, 4) is 0 Å². The van der Waals surface area contributed by atoms with Gasteiger partial charge in [-0.05, 0) is 5.56 Å². The molecule has 0 aliphatic carbocycles. The highest BCUT2D eigenvalue weighted by Crippen LogP contribution is 2.07. The molecular formula is C13H17NO3. The zero-order valence-electron chi connectivity index (χ0n) is 9.89. The lowest BCUT2D eigenvalue weighted by Gasteiger charge is -2.09. The molecule has 0 fully saturated rings. The van der Waals surface area contributed by atoms with Gasteiger partial charge in [-0.15, -0.1) is 0 Å². The Morgan fingerprint density at radius 3 is 2.53 bits per heavy atom. The first-order valence-corrected chi connectivity index (χ1v) is 5.55. The highest BCUT2D eigenvalue weighted by molar-refractivity contribution is 5.86. The van der Waals surface area contributed by atoms with Crippen LogP contribution in [0.2, 0.25) is 0 Å². The quantitative estimate of drug-likeness (QED) is 0.754. The lowest BCUT2D eigenvalue weighted by molar-refractivity contribution is -0.147. The minimum Gasteiger partial charge on any atom is -0.461 e. The van der Waals surface area contributed by atoms with E-state index in [0.717, 1.165) is 5.56 Å². The summed E-state index contributed by atoms with van der Waals surface area (Å²) >= 11 is 0. The number of Topliss-reactive ketones (excluding diaryl/α,β-unsaturated/α-hetero) is 1. The maximum absolute atomic E-state index is 11.4. The fourth-order valence-electron chi connectivity index (χ4n) is 1.36. The number of rotatable bonds is 6. The molecule has 0 aliphatic heterocycles. The number of esters is 1. The first-order valence-electron chi connectivity index (χ1n) is 5.55. The second-order valence-corrected chi connectivity index (χ2v) is 3.92. The Labute approximate surface area is 101 Å². The third-order valence-corrected chi connectivity index (χ3v) is 2.47. The zero-order chi connectivity index (χ0) is 12.7. The van der Waals surface area contributed by atoms with Gasteiger partial charge in [-0.1, -0.05) is 37.3 Å². The lowest BCUT2D eigenvalue weighted by Crippen LogP contribution is -2.23. The largest absolute Gasteiger partial charge is 0.461 e. The summed E-state index contributed by atoms with van der Waals surface area (Å²) in [6.45, 7) is 1.88. The van der Waals surface area contributed by atoms with Crippen LogP contribution < -0.4 is 5.73 Å². The highest BCUT2D eigenvalue weighted by atomic mass is 16.5. The number of ketones is 1. The van der Waals surface area contributed by atoms with Crippen LogP contribution in [0.3, 0.4) is 0 Å². The Balaban J connectivity index is 2.33. The maximum Gasteiger partial charge on any atom is 0.306 e. The van der Waals surface area contributed by atoms with Crippen LogP contribution in [0.15, 0.2) is 30.3 Å². The van der Waals surface area contributed by atoms with Crippen LogP contribution in [0.5, 0.6) is 0 Å². The molecule has 4 heteroatoms. The van der Waals surface area contributed by atoms with Crippen LogP contribution in [0, 0.1) is 5.92 Å². The van der Waals surface area contributed by atoms with Gasteiger partial charge in [-0.3, -0.25) is 9.59 Å². The smallest absolute Gasteiger partial charge is 0.306 e. The van der Waals surface area contributed by atoms with Gasteiger partial charge in [0.2, 0.25) is 0 Å². The van der Waals surface area contributed by atoms with E-state index in [9.17, 15) is 9.59 Å². The van der Waals surface area contributed by atoms with Gasteiger partial charge in [0.1, 0.15) is 12.4 Å². The molecule has 0 amide bonds. The maximum atomic E-state index is 11.4. The topological polar surface area (TPSA) is 69.4 Å². The summed E-state index contributed by atoms with van der Waals surface area (Å²) in [6.07, 6.45) is 0.0862. The van der Waals surface area contributed by atoms with Gasteiger partial charge in [0, 0.05) is 5.92 Å². The van der Waals surface area contributed by atoms with E-state index < -0.39 is 0 Å². The molecule has 1 atom stereocenters. The molecule has 0 spiro atoms. The number of hydrogen-bond donors (Lipinski definition) is 1. The predicted molar refractivity (Wildman–Crippen MR) is 64.1 cm³/mol. The number of hydrogen-bond acceptors (Lipinski definition) is 4. The van der Waals surface area contributed by atoms with Crippen molar-refractivity contribution in [2.45, 2.75) is 20.0 Å². The lowest BCUT2D eigenvalue weighted by atomic mass is 10.0. The van der Waals surface area contributed by atoms with Crippen LogP contribution in [-0.4, -0.2) is 18.3 Å². The molecule has 2 N–H and O–H groups in total. The molecule has 0 heterocycles. The normalized spacial score (nSPS) is 11.9. The van der Waals surface area contributed by atoms with Gasteiger partial charge in [-0.25, -0.2) is 0 Å². The van der Waals surface area contributed by atoms with Crippen molar-refractivity contribution < 1.29 is 14.3 Å². The summed E-state index contributed by atoms with van der Waals surface area (Å²) < 4.78 is 5.06. The molecule has 1 aromatic carbocycles. The van der Waals surface area contributed by atoms with E-state index >= 15 is 0 Å². The fraction of sp³-hybridized carbons (Fsp3) is 0.385. The molecule has 0 radical (unpaired) electrons. The Morgan fingerprint density at radius 2 is 1.94 bits per heavy atom. The Morgan fingerprint density at radius 1 is 1.29 bits per heavy atom. The number of carbonyl (C=O) groups excluding carboxylic acids is 2. The van der Waals surface area contributed by atoms with E-state index in [2.05, 4.69) is 0 Å². The Kier molecular flexibility index (Phi) is 5.36. The summed E-state index contributed by atoms with van der Waals surface area (Å²) in [5, 5.41) is 0. The third kappa shape index (κ3) is 4.78. The molecule has 0 aliphatic rings. The van der Waals surface area contributed by atoms with Crippen molar-refractivity contribution in [2.24, 2.45) is 11.7 Å². The van der Waals surface area contributed by atoms with Gasteiger partial charge < -0.3 is 10.5 Å². The van der Waals surface area contributed by atoms with Crippen molar-refractivity contribution in [3.05, 3.63) is 35.9 Å². The second kappa shape index (κ2) is 6.81. The number of carbonyl (C=O) groups is 2. The summed E-state index contributed by atoms with van der Waals surface area (Å²) in [7, 11) is 0. The summed E-state index contributed by atoms with van der Waals surface area (Å²) in [5.41, 5.74) is 6.14. The van der Waals surface area contributed by atoms with Gasteiger partial charge in [0.05, 0.1) is 13.0 Å². The number of nitrogens with two attached hydrogens (primary N) is 1. The molecule has 92 valence electrons. The molecule has 1 unspecified atom stereocenters. The minimum atomic E-state index is -0.372. The standard InChI is InChI=1S/C13H17NO3/c1-10(12(15)8-14)7-13(16)17-9-11-5-3-2-4-6-11/h2-6,10H,7-9,14H2,1H3. The monoisotopic (exact) mass is 235 g/mol. The van der Waals surface area contributed by atoms with Crippen LogP contribution in [0.4, 0.5) is 0 Å². The van der Waals surface area contributed by atoms with Gasteiger partial charge in [0.25, 0.3) is 0 Å². The van der Waals surface area contributed by atoms with E-state index in [4.69, 9.17) is 10.5 Å². The summed E-state index contributed by atoms with van der Waals surface area (Å²) in [5.74, 6) is -0.868. The first-order chi connectivity index (χ1) is 8.13. The van der Waals surface area contributed by atoms with Gasteiger partial charge in [0.15, 0.2) is 0 Å². The zero-order valence-corrected chi connectivity index (χ0v) is 9.89. The van der Waals surface area contributed by atoms with Crippen molar-refractivity contribution >= 4 is 11.8 Å². The fourth-order valence-corrected chi connectivity index (χ4v) is 1.36. The Bertz CT molecular complexity index is 376. The van der Waals surface area contributed by atoms with E-state index in [-0.39, 0.29) is 37.2 Å². The summed E-state index contributed by atoms with van der Waals surface area (Å²) in [4.78, 5) is 22.6. The highest BCUT2D eigenvalue weighted by Gasteiger charge is 2.16. The van der Waals surface area contributed by atoms with Crippen LogP contribution in [0.1, 0.15) is 18.9 Å². The van der Waals surface area contributed by atoms with Crippen LogP contribution >= 0.6 is 0 Å². The molecule has 4 nitrogen and oxygen atoms in total. The molecule has 1 aromatic rings. The average Bonchev–Trinajstić information content (AvgIpc) is 2.36. The molecule has 0 aromatic heterocycles. The van der Waals surface area contributed by atoms with Crippen molar-refractivity contribution in [2.75, 3.05) is 6.54 Å². The van der Waals surface area contributed by atoms with Gasteiger partial charge in [-0.2, -0.15) is 0 Å². The predicted octanol–water partition coefficient (Wildman–Crippen LogP) is 1.28. The van der Waals surface area contributed by atoms with E-state index in [1.54, 1.807) is 6.92 Å². The first kappa shape index (κ1) is 13.4. The van der Waals surface area contributed by atoms with E-state index in [1.165, 1.54) is 0 Å². The van der Waals surface area contributed by atoms with Crippen molar-refractivity contribution in [1.29, 1.82) is 0 Å². The van der Waals surface area contributed by atoms with Crippen LogP contribution in [-0.2, 0) is 20.9 Å². The molecule has 1 rings (SSSR count). The minimum absolute atomic E-state index is 0.0346. The third-order valence-electron chi connectivity index (χ3n) is 2.47. The second-order valence-electron chi connectivity index (χ2n) is 3.92. The molecule has 0 bridgehead atoms. The molecule has 0 saturated carbocycles. The molecule has 17 heavy (non-hydrogen) atoms. The SMILES string of the molecule is CC(CC(=O)OCc1ccccc1)C(=O)CN. The number of ether oxygens (including phenoxy) is 1. The average molecular weight is 235 g/mol. The Hall–Kier alpha value is -1.68.